The van der Waals surface area contributed by atoms with Gasteiger partial charge in [-0.3, -0.25) is 4.79 Å². The third kappa shape index (κ3) is 1.07. The van der Waals surface area contributed by atoms with Crippen LogP contribution in [-0.4, -0.2) is 5.91 Å². The van der Waals surface area contributed by atoms with Gasteiger partial charge in [0.05, 0.1) is 12.5 Å². The zero-order valence-electron chi connectivity index (χ0n) is 6.95. The lowest BCUT2D eigenvalue weighted by Crippen LogP contribution is -2.57. The SMILES string of the molecule is N#CC1(c2ccccc2)CC(=O)N1. The number of amides is 1. The summed E-state index contributed by atoms with van der Waals surface area (Å²) in [4.78, 5) is 10.8. The smallest absolute Gasteiger partial charge is 0.225 e. The van der Waals surface area contributed by atoms with E-state index in [9.17, 15) is 4.79 Å². The summed E-state index contributed by atoms with van der Waals surface area (Å²) in [6.07, 6.45) is 0.271. The minimum Gasteiger partial charge on any atom is -0.334 e. The van der Waals surface area contributed by atoms with Crippen molar-refractivity contribution in [1.29, 1.82) is 5.26 Å². The number of hydrogen-bond acceptors (Lipinski definition) is 2. The monoisotopic (exact) mass is 172 g/mol. The van der Waals surface area contributed by atoms with E-state index in [4.69, 9.17) is 5.26 Å². The zero-order chi connectivity index (χ0) is 9.31. The van der Waals surface area contributed by atoms with Gasteiger partial charge in [0, 0.05) is 0 Å². The molecule has 1 heterocycles. The number of carbonyl (C=O) groups is 1. The molecule has 0 radical (unpaired) electrons. The minimum atomic E-state index is -0.766. The minimum absolute atomic E-state index is 0.0644. The lowest BCUT2D eigenvalue weighted by atomic mass is 9.82. The van der Waals surface area contributed by atoms with E-state index >= 15 is 0 Å². The summed E-state index contributed by atoms with van der Waals surface area (Å²) in [5.74, 6) is -0.0644. The molecule has 2 rings (SSSR count). The molecule has 3 nitrogen and oxygen atoms in total. The fourth-order valence-corrected chi connectivity index (χ4v) is 1.49. The molecule has 0 saturated carbocycles. The first-order chi connectivity index (χ1) is 6.27. The maximum Gasteiger partial charge on any atom is 0.225 e. The van der Waals surface area contributed by atoms with Crippen LogP contribution >= 0.6 is 0 Å². The molecule has 1 N–H and O–H groups in total. The number of nitrogens with zero attached hydrogens (tertiary/aromatic N) is 1. The largest absolute Gasteiger partial charge is 0.334 e. The van der Waals surface area contributed by atoms with E-state index in [0.29, 0.717) is 0 Å². The number of benzene rings is 1. The maximum atomic E-state index is 10.8. The van der Waals surface area contributed by atoms with Gasteiger partial charge in [0.25, 0.3) is 0 Å². The third-order valence-corrected chi connectivity index (χ3v) is 2.24. The molecule has 1 aliphatic heterocycles. The molecule has 13 heavy (non-hydrogen) atoms. The normalized spacial score (nSPS) is 25.6. The van der Waals surface area contributed by atoms with Crippen molar-refractivity contribution in [2.45, 2.75) is 12.0 Å². The Morgan fingerprint density at radius 2 is 2.00 bits per heavy atom. The molecule has 1 unspecified atom stereocenters. The van der Waals surface area contributed by atoms with Crippen LogP contribution in [0.15, 0.2) is 30.3 Å². The average Bonchev–Trinajstić information content (AvgIpc) is 2.14. The molecule has 1 saturated heterocycles. The Kier molecular flexibility index (Phi) is 1.56. The Labute approximate surface area is 76.0 Å². The molecule has 1 amide bonds. The molecule has 1 aromatic rings. The second-order valence-electron chi connectivity index (χ2n) is 3.11. The summed E-state index contributed by atoms with van der Waals surface area (Å²) in [5.41, 5.74) is 0.0929. The molecule has 0 aliphatic carbocycles. The van der Waals surface area contributed by atoms with Crippen LogP contribution in [0.4, 0.5) is 0 Å². The van der Waals surface area contributed by atoms with Gasteiger partial charge in [0.1, 0.15) is 0 Å². The van der Waals surface area contributed by atoms with Crippen LogP contribution in [0.3, 0.4) is 0 Å². The van der Waals surface area contributed by atoms with Crippen molar-refractivity contribution in [2.75, 3.05) is 0 Å². The fourth-order valence-electron chi connectivity index (χ4n) is 1.49. The van der Waals surface area contributed by atoms with E-state index in [-0.39, 0.29) is 12.3 Å². The van der Waals surface area contributed by atoms with E-state index in [0.717, 1.165) is 5.56 Å². The zero-order valence-corrected chi connectivity index (χ0v) is 6.95. The van der Waals surface area contributed by atoms with Crippen molar-refractivity contribution >= 4 is 5.91 Å². The number of nitrogens with one attached hydrogen (secondary N) is 1. The average molecular weight is 172 g/mol. The van der Waals surface area contributed by atoms with Crippen LogP contribution in [0.25, 0.3) is 0 Å². The van der Waals surface area contributed by atoms with Crippen LogP contribution in [0, 0.1) is 11.3 Å². The fraction of sp³-hybridized carbons (Fsp3) is 0.200. The van der Waals surface area contributed by atoms with E-state index in [1.165, 1.54) is 0 Å². The molecule has 0 bridgehead atoms. The van der Waals surface area contributed by atoms with Crippen LogP contribution in [0.5, 0.6) is 0 Å². The molecule has 0 aromatic heterocycles. The predicted octanol–water partition coefficient (Wildman–Crippen LogP) is 0.925. The summed E-state index contributed by atoms with van der Waals surface area (Å²) in [7, 11) is 0. The Morgan fingerprint density at radius 3 is 2.46 bits per heavy atom. The van der Waals surface area contributed by atoms with E-state index in [1.807, 2.05) is 30.3 Å². The van der Waals surface area contributed by atoms with Gasteiger partial charge in [-0.1, -0.05) is 30.3 Å². The summed E-state index contributed by atoms with van der Waals surface area (Å²) >= 11 is 0. The van der Waals surface area contributed by atoms with Crippen molar-refractivity contribution in [2.24, 2.45) is 0 Å². The highest BCUT2D eigenvalue weighted by Gasteiger charge is 2.44. The highest BCUT2D eigenvalue weighted by molar-refractivity contribution is 5.86. The van der Waals surface area contributed by atoms with E-state index in [1.54, 1.807) is 0 Å². The van der Waals surface area contributed by atoms with Crippen LogP contribution < -0.4 is 5.32 Å². The Morgan fingerprint density at radius 1 is 1.38 bits per heavy atom. The third-order valence-electron chi connectivity index (χ3n) is 2.24. The lowest BCUT2D eigenvalue weighted by Gasteiger charge is -2.36. The Balaban J connectivity index is 2.36. The van der Waals surface area contributed by atoms with Gasteiger partial charge >= 0.3 is 0 Å². The predicted molar refractivity (Wildman–Crippen MR) is 46.5 cm³/mol. The van der Waals surface area contributed by atoms with Crippen LogP contribution in [0.2, 0.25) is 0 Å². The first kappa shape index (κ1) is 7.81. The second kappa shape index (κ2) is 2.60. The molecular weight excluding hydrogens is 164 g/mol. The number of nitriles is 1. The van der Waals surface area contributed by atoms with Gasteiger partial charge in [-0.2, -0.15) is 5.26 Å². The van der Waals surface area contributed by atoms with Crippen molar-refractivity contribution in [3.63, 3.8) is 0 Å². The van der Waals surface area contributed by atoms with Crippen molar-refractivity contribution in [3.05, 3.63) is 35.9 Å². The van der Waals surface area contributed by atoms with Gasteiger partial charge in [0.2, 0.25) is 5.91 Å². The number of carbonyl (C=O) groups excluding carboxylic acids is 1. The summed E-state index contributed by atoms with van der Waals surface area (Å²) in [5, 5.41) is 11.6. The Bertz CT molecular complexity index is 370. The first-order valence-electron chi connectivity index (χ1n) is 4.05. The summed E-state index contributed by atoms with van der Waals surface area (Å²) in [6, 6.07) is 11.4. The molecule has 3 heteroatoms. The van der Waals surface area contributed by atoms with Gasteiger partial charge in [-0.25, -0.2) is 0 Å². The quantitative estimate of drug-likeness (QED) is 0.640. The van der Waals surface area contributed by atoms with Gasteiger partial charge in [-0.15, -0.1) is 0 Å². The molecule has 0 spiro atoms. The Hall–Kier alpha value is -1.82. The summed E-state index contributed by atoms with van der Waals surface area (Å²) in [6.45, 7) is 0. The molecule has 1 aliphatic rings. The van der Waals surface area contributed by atoms with Crippen molar-refractivity contribution in [1.82, 2.24) is 5.32 Å². The molecule has 1 aromatic carbocycles. The highest BCUT2D eigenvalue weighted by Crippen LogP contribution is 2.30. The van der Waals surface area contributed by atoms with Crippen molar-refractivity contribution < 1.29 is 4.79 Å². The van der Waals surface area contributed by atoms with Gasteiger partial charge in [-0.05, 0) is 5.56 Å². The standard InChI is InChI=1S/C10H8N2O/c11-7-10(6-9(13)12-10)8-4-2-1-3-5-8/h1-5H,6H2,(H,12,13). The number of β-lactam (4-membered cyclic amide) rings is 1. The number of rotatable bonds is 1. The maximum absolute atomic E-state index is 10.8. The first-order valence-corrected chi connectivity index (χ1v) is 4.05. The van der Waals surface area contributed by atoms with E-state index < -0.39 is 5.54 Å². The molecular formula is C10H8N2O. The number of hydrogen-bond donors (Lipinski definition) is 1. The highest BCUT2D eigenvalue weighted by atomic mass is 16.2. The molecule has 64 valence electrons. The van der Waals surface area contributed by atoms with E-state index in [2.05, 4.69) is 11.4 Å². The topological polar surface area (TPSA) is 52.9 Å². The molecule has 1 atom stereocenters. The lowest BCUT2D eigenvalue weighted by molar-refractivity contribution is -0.130. The summed E-state index contributed by atoms with van der Waals surface area (Å²) < 4.78 is 0. The second-order valence-corrected chi connectivity index (χ2v) is 3.11. The van der Waals surface area contributed by atoms with Gasteiger partial charge in [0.15, 0.2) is 5.54 Å². The molecule has 1 fully saturated rings. The van der Waals surface area contributed by atoms with Crippen LogP contribution in [-0.2, 0) is 10.3 Å². The van der Waals surface area contributed by atoms with Crippen molar-refractivity contribution in [3.8, 4) is 6.07 Å². The van der Waals surface area contributed by atoms with Gasteiger partial charge < -0.3 is 5.32 Å². The van der Waals surface area contributed by atoms with Crippen LogP contribution in [0.1, 0.15) is 12.0 Å².